The second-order valence-electron chi connectivity index (χ2n) is 7.74. The van der Waals surface area contributed by atoms with Gasteiger partial charge in [-0.05, 0) is 19.4 Å². The predicted molar refractivity (Wildman–Crippen MR) is 102 cm³/mol. The lowest BCUT2D eigenvalue weighted by atomic mass is 9.65. The van der Waals surface area contributed by atoms with E-state index in [1.807, 2.05) is 0 Å². The Labute approximate surface area is 198 Å². The van der Waals surface area contributed by atoms with E-state index >= 15 is 0 Å². The lowest BCUT2D eigenvalue weighted by molar-refractivity contribution is -0.491. The molecule has 1 aromatic carbocycles. The Morgan fingerprint density at radius 2 is 1.22 bits per heavy atom. The average molecular weight is 538 g/mol. The molecule has 15 heteroatoms. The van der Waals surface area contributed by atoms with Crippen LogP contribution in [0.1, 0.15) is 25.3 Å². The molecule has 1 aliphatic heterocycles. The van der Waals surface area contributed by atoms with Crippen molar-refractivity contribution in [1.82, 2.24) is 0 Å². The largest absolute Gasteiger partial charge is 0.466 e. The first-order valence-electron chi connectivity index (χ1n) is 10.4. The van der Waals surface area contributed by atoms with E-state index in [1.165, 1.54) is 6.07 Å². The minimum absolute atomic E-state index is 0.552. The molecule has 2 N–H and O–H groups in total. The molecule has 1 aromatic rings. The third-order valence-corrected chi connectivity index (χ3v) is 5.64. The van der Waals surface area contributed by atoms with Crippen LogP contribution in [0.4, 0.5) is 35.1 Å². The summed E-state index contributed by atoms with van der Waals surface area (Å²) in [6.07, 6.45) is -9.86. The molecule has 2 rings (SSSR count). The number of rotatable bonds is 9. The van der Waals surface area contributed by atoms with Crippen molar-refractivity contribution >= 4 is 11.9 Å². The average Bonchev–Trinajstić information content (AvgIpc) is 2.78. The van der Waals surface area contributed by atoms with Gasteiger partial charge in [-0.2, -0.15) is 17.6 Å². The van der Waals surface area contributed by atoms with Crippen molar-refractivity contribution < 1.29 is 69.1 Å². The number of alkyl halides is 8. The van der Waals surface area contributed by atoms with E-state index < -0.39 is 84.7 Å². The SMILES string of the molecule is CCOC(=O)C1C(c2ccccc2)C(C(=O)OCC)C(O)(C(F)(F)C(F)F)OC1(O)C(F)(F)C(F)F. The van der Waals surface area contributed by atoms with Crippen LogP contribution in [0.3, 0.4) is 0 Å². The van der Waals surface area contributed by atoms with Gasteiger partial charge in [0.1, 0.15) is 11.8 Å². The molecule has 1 aliphatic rings. The lowest BCUT2D eigenvalue weighted by Crippen LogP contribution is -2.76. The molecular weight excluding hydrogens is 516 g/mol. The number of carbonyl (C=O) groups is 2. The van der Waals surface area contributed by atoms with Crippen LogP contribution in [0.25, 0.3) is 0 Å². The Bertz CT molecular complexity index is 878. The smallest absolute Gasteiger partial charge is 0.360 e. The van der Waals surface area contributed by atoms with Crippen molar-refractivity contribution in [1.29, 1.82) is 0 Å². The van der Waals surface area contributed by atoms with Gasteiger partial charge in [-0.1, -0.05) is 30.3 Å². The standard InChI is InChI=1S/C21H22F8O7/c1-3-34-14(30)12-11(10-8-6-5-7-9-10)13(15(31)35-4-2)21(33,19(28,29)17(24)25)36-20(12,32)18(26,27)16(22)23/h5-9,11-13,16-17,32-33H,3-4H2,1-2H3. The van der Waals surface area contributed by atoms with E-state index in [1.54, 1.807) is 0 Å². The van der Waals surface area contributed by atoms with Gasteiger partial charge in [0.15, 0.2) is 0 Å². The molecule has 7 nitrogen and oxygen atoms in total. The Morgan fingerprint density at radius 3 is 1.53 bits per heavy atom. The van der Waals surface area contributed by atoms with E-state index in [0.717, 1.165) is 38.1 Å². The van der Waals surface area contributed by atoms with Gasteiger partial charge < -0.3 is 24.4 Å². The highest BCUT2D eigenvalue weighted by molar-refractivity contribution is 5.81. The topological polar surface area (TPSA) is 102 Å². The fourth-order valence-electron chi connectivity index (χ4n) is 4.04. The molecule has 0 aliphatic carbocycles. The Kier molecular flexibility index (Phi) is 8.63. The molecule has 1 fully saturated rings. The van der Waals surface area contributed by atoms with Crippen molar-refractivity contribution in [2.75, 3.05) is 13.2 Å². The molecule has 4 atom stereocenters. The first-order valence-corrected chi connectivity index (χ1v) is 10.4. The lowest BCUT2D eigenvalue weighted by Gasteiger charge is -2.55. The van der Waals surface area contributed by atoms with Crippen molar-refractivity contribution in [3.05, 3.63) is 35.9 Å². The maximum atomic E-state index is 14.8. The molecule has 36 heavy (non-hydrogen) atoms. The van der Waals surface area contributed by atoms with E-state index in [4.69, 9.17) is 0 Å². The minimum Gasteiger partial charge on any atom is -0.466 e. The minimum atomic E-state index is -5.94. The predicted octanol–water partition coefficient (Wildman–Crippen LogP) is 3.34. The molecule has 0 aromatic heterocycles. The molecule has 0 amide bonds. The van der Waals surface area contributed by atoms with Crippen LogP contribution in [-0.4, -0.2) is 71.6 Å². The van der Waals surface area contributed by atoms with Gasteiger partial charge in [-0.3, -0.25) is 9.59 Å². The third-order valence-electron chi connectivity index (χ3n) is 5.64. The van der Waals surface area contributed by atoms with Gasteiger partial charge in [0, 0.05) is 5.92 Å². The number of carbonyl (C=O) groups excluding carboxylic acids is 2. The summed E-state index contributed by atoms with van der Waals surface area (Å²) >= 11 is 0. The molecule has 1 heterocycles. The molecular formula is C21H22F8O7. The summed E-state index contributed by atoms with van der Waals surface area (Å²) in [5, 5.41) is 21.4. The molecule has 1 saturated heterocycles. The van der Waals surface area contributed by atoms with Gasteiger partial charge in [0.2, 0.25) is 0 Å². The number of aliphatic hydroxyl groups is 2. The van der Waals surface area contributed by atoms with Gasteiger partial charge in [0.05, 0.1) is 13.2 Å². The van der Waals surface area contributed by atoms with Gasteiger partial charge in [0.25, 0.3) is 11.6 Å². The molecule has 0 saturated carbocycles. The summed E-state index contributed by atoms with van der Waals surface area (Å²) in [5.74, 6) is -34.8. The quantitative estimate of drug-likeness (QED) is 0.368. The van der Waals surface area contributed by atoms with Crippen LogP contribution in [-0.2, 0) is 23.8 Å². The molecule has 0 radical (unpaired) electrons. The summed E-state index contributed by atoms with van der Waals surface area (Å²) < 4.78 is 126. The highest BCUT2D eigenvalue weighted by atomic mass is 19.3. The summed E-state index contributed by atoms with van der Waals surface area (Å²) in [7, 11) is 0. The number of ether oxygens (including phenoxy) is 3. The van der Waals surface area contributed by atoms with Crippen LogP contribution < -0.4 is 0 Å². The summed E-state index contributed by atoms with van der Waals surface area (Å²) in [5.41, 5.74) is -0.552. The summed E-state index contributed by atoms with van der Waals surface area (Å²) in [4.78, 5) is 25.6. The Morgan fingerprint density at radius 1 is 0.861 bits per heavy atom. The van der Waals surface area contributed by atoms with Gasteiger partial charge in [-0.25, -0.2) is 17.6 Å². The third kappa shape index (κ3) is 4.63. The highest BCUT2D eigenvalue weighted by Crippen LogP contribution is 2.60. The van der Waals surface area contributed by atoms with Crippen molar-refractivity contribution in [3.8, 4) is 0 Å². The van der Waals surface area contributed by atoms with Crippen LogP contribution in [0.2, 0.25) is 0 Å². The Balaban J connectivity index is 3.06. The number of benzene rings is 1. The second kappa shape index (κ2) is 10.5. The van der Waals surface area contributed by atoms with Crippen molar-refractivity contribution in [3.63, 3.8) is 0 Å². The van der Waals surface area contributed by atoms with E-state index in [-0.39, 0.29) is 0 Å². The highest BCUT2D eigenvalue weighted by Gasteiger charge is 2.81. The maximum absolute atomic E-state index is 14.8. The summed E-state index contributed by atoms with van der Waals surface area (Å²) in [6.45, 7) is 1.03. The van der Waals surface area contributed by atoms with Crippen molar-refractivity contribution in [2.45, 2.75) is 56.0 Å². The fraction of sp³-hybridized carbons (Fsp3) is 0.619. The molecule has 0 spiro atoms. The normalized spacial score (nSPS) is 29.3. The first-order chi connectivity index (χ1) is 16.5. The zero-order valence-electron chi connectivity index (χ0n) is 18.6. The van der Waals surface area contributed by atoms with Gasteiger partial charge in [-0.15, -0.1) is 0 Å². The Hall–Kier alpha value is -2.52. The number of hydrogen-bond donors (Lipinski definition) is 2. The molecule has 4 unspecified atom stereocenters. The zero-order valence-corrected chi connectivity index (χ0v) is 18.6. The van der Waals surface area contributed by atoms with Crippen LogP contribution in [0.5, 0.6) is 0 Å². The number of esters is 2. The van der Waals surface area contributed by atoms with E-state index in [0.29, 0.717) is 0 Å². The molecule has 204 valence electrons. The first kappa shape index (κ1) is 29.7. The molecule has 0 bridgehead atoms. The monoisotopic (exact) mass is 538 g/mol. The maximum Gasteiger partial charge on any atom is 0.360 e. The van der Waals surface area contributed by atoms with Crippen LogP contribution in [0.15, 0.2) is 30.3 Å². The second-order valence-corrected chi connectivity index (χ2v) is 7.74. The van der Waals surface area contributed by atoms with Crippen molar-refractivity contribution in [2.24, 2.45) is 11.8 Å². The van der Waals surface area contributed by atoms with Gasteiger partial charge >= 0.3 is 36.6 Å². The number of halogens is 8. The zero-order chi connectivity index (χ0) is 27.7. The van der Waals surface area contributed by atoms with Crippen LogP contribution >= 0.6 is 0 Å². The van der Waals surface area contributed by atoms with E-state index in [9.17, 15) is 54.9 Å². The number of hydrogen-bond acceptors (Lipinski definition) is 7. The fourth-order valence-corrected chi connectivity index (χ4v) is 4.04. The van der Waals surface area contributed by atoms with Crippen LogP contribution in [0, 0.1) is 11.8 Å². The van der Waals surface area contributed by atoms with E-state index in [2.05, 4.69) is 14.2 Å². The summed E-state index contributed by atoms with van der Waals surface area (Å²) in [6, 6.07) is 5.40.